The minimum absolute atomic E-state index is 0.0293. The lowest BCUT2D eigenvalue weighted by molar-refractivity contribution is -0.116. The van der Waals surface area contributed by atoms with Gasteiger partial charge in [-0.25, -0.2) is 17.8 Å². The molecule has 0 amide bonds. The number of sulfone groups is 1. The third-order valence-corrected chi connectivity index (χ3v) is 10.0. The van der Waals surface area contributed by atoms with Crippen LogP contribution in [-0.4, -0.2) is 42.6 Å². The van der Waals surface area contributed by atoms with Gasteiger partial charge in [0.05, 0.1) is 25.9 Å². The van der Waals surface area contributed by atoms with Crippen molar-refractivity contribution in [2.45, 2.75) is 23.5 Å². The molecule has 0 radical (unpaired) electrons. The maximum atomic E-state index is 13.2. The summed E-state index contributed by atoms with van der Waals surface area (Å²) in [7, 11) is -3.80. The Labute approximate surface area is 226 Å². The summed E-state index contributed by atoms with van der Waals surface area (Å²) in [4.78, 5) is 43.6. The number of aromatic amines is 1. The Hall–Kier alpha value is -2.92. The van der Waals surface area contributed by atoms with Crippen LogP contribution in [0.2, 0.25) is 9.36 Å². The fraction of sp³-hybridized carbons (Fsp3) is 0.240. The highest BCUT2D eigenvalue weighted by Gasteiger charge is 2.22. The number of hydrogen-bond acceptors (Lipinski definition) is 7. The van der Waals surface area contributed by atoms with Crippen molar-refractivity contribution < 1.29 is 13.2 Å². The molecular weight excluding hydrogens is 557 g/mol. The van der Waals surface area contributed by atoms with Crippen molar-refractivity contribution in [3.8, 4) is 5.69 Å². The van der Waals surface area contributed by atoms with Gasteiger partial charge in [-0.15, -0.1) is 11.3 Å². The Morgan fingerprint density at radius 1 is 1.00 bits per heavy atom. The number of H-pyrrole nitrogens is 1. The molecular formula is C25H21Cl2N3O5S2. The molecule has 1 fully saturated rings. The van der Waals surface area contributed by atoms with E-state index in [0.717, 1.165) is 47.5 Å². The number of ketones is 1. The lowest BCUT2D eigenvalue weighted by atomic mass is 10.1. The fourth-order valence-corrected chi connectivity index (χ4v) is 7.56. The predicted molar refractivity (Wildman–Crippen MR) is 147 cm³/mol. The van der Waals surface area contributed by atoms with Crippen LogP contribution in [0.1, 0.15) is 18.4 Å². The van der Waals surface area contributed by atoms with Crippen molar-refractivity contribution in [1.29, 1.82) is 0 Å². The van der Waals surface area contributed by atoms with Crippen molar-refractivity contribution in [3.05, 3.63) is 84.3 Å². The largest absolute Gasteiger partial charge is 0.371 e. The molecule has 1 saturated heterocycles. The monoisotopic (exact) mass is 577 g/mol. The number of nitrogens with one attached hydrogen (secondary N) is 1. The van der Waals surface area contributed by atoms with Crippen molar-refractivity contribution in [1.82, 2.24) is 9.55 Å². The van der Waals surface area contributed by atoms with Gasteiger partial charge in [-0.1, -0.05) is 29.3 Å². The minimum atomic E-state index is -3.80. The van der Waals surface area contributed by atoms with Crippen LogP contribution in [0.5, 0.6) is 0 Å². The molecule has 3 heterocycles. The molecule has 0 unspecified atom stereocenters. The van der Waals surface area contributed by atoms with Crippen LogP contribution in [0, 0.1) is 0 Å². The van der Waals surface area contributed by atoms with E-state index in [1.54, 1.807) is 12.1 Å². The lowest BCUT2D eigenvalue weighted by Gasteiger charge is -2.18. The van der Waals surface area contributed by atoms with Gasteiger partial charge in [0.25, 0.3) is 5.56 Å². The van der Waals surface area contributed by atoms with Gasteiger partial charge in [0.2, 0.25) is 0 Å². The highest BCUT2D eigenvalue weighted by molar-refractivity contribution is 7.94. The molecule has 4 aromatic rings. The first-order valence-electron chi connectivity index (χ1n) is 11.4. The average Bonchev–Trinajstić information content (AvgIpc) is 3.52. The second kappa shape index (κ2) is 10.1. The second-order valence-corrected chi connectivity index (χ2v) is 13.2. The first-order valence-corrected chi connectivity index (χ1v) is 14.7. The molecule has 2 aromatic carbocycles. The van der Waals surface area contributed by atoms with E-state index in [1.165, 1.54) is 24.3 Å². The summed E-state index contributed by atoms with van der Waals surface area (Å²) in [5.41, 5.74) is 0.867. The third-order valence-electron chi connectivity index (χ3n) is 6.21. The van der Waals surface area contributed by atoms with Crippen LogP contribution in [-0.2, 0) is 21.1 Å². The van der Waals surface area contributed by atoms with E-state index in [2.05, 4.69) is 9.88 Å². The number of benzene rings is 2. The zero-order valence-electron chi connectivity index (χ0n) is 19.4. The number of rotatable bonds is 7. The number of anilines is 1. The molecule has 12 heteroatoms. The van der Waals surface area contributed by atoms with Crippen LogP contribution in [0.3, 0.4) is 0 Å². The van der Waals surface area contributed by atoms with Crippen molar-refractivity contribution >= 4 is 66.7 Å². The van der Waals surface area contributed by atoms with Crippen molar-refractivity contribution in [3.63, 3.8) is 0 Å². The maximum absolute atomic E-state index is 13.2. The number of aromatic nitrogens is 2. The van der Waals surface area contributed by atoms with E-state index in [4.69, 9.17) is 23.2 Å². The Morgan fingerprint density at radius 2 is 1.76 bits per heavy atom. The van der Waals surface area contributed by atoms with E-state index >= 15 is 0 Å². The standard InChI is InChI=1S/C25H21Cl2N3O5S2/c26-19-12-15(11-17(31)14-37(34,35)23-8-7-22(27)36-23)3-6-21(19)30-24(32)18-5-4-16(29-9-1-2-10-29)13-20(18)28-25(30)33/h3-8,12-13H,1-2,9-11,14H2,(H,28,33). The summed E-state index contributed by atoms with van der Waals surface area (Å²) < 4.78 is 26.2. The molecule has 1 aliphatic heterocycles. The van der Waals surface area contributed by atoms with Gasteiger partial charge in [0, 0.05) is 25.2 Å². The SMILES string of the molecule is O=C(Cc1ccc(-n2c(=O)[nH]c3cc(N4CCCC4)ccc3c2=O)c(Cl)c1)CS(=O)(=O)c1ccc(Cl)s1. The molecule has 0 saturated carbocycles. The Balaban J connectivity index is 1.40. The van der Waals surface area contributed by atoms with Crippen LogP contribution in [0.25, 0.3) is 16.6 Å². The van der Waals surface area contributed by atoms with Crippen molar-refractivity contribution in [2.24, 2.45) is 0 Å². The van der Waals surface area contributed by atoms with Crippen LogP contribution in [0.4, 0.5) is 5.69 Å². The number of nitrogens with zero attached hydrogens (tertiary/aromatic N) is 2. The smallest absolute Gasteiger partial charge is 0.333 e. The molecule has 0 aliphatic carbocycles. The molecule has 192 valence electrons. The zero-order chi connectivity index (χ0) is 26.3. The highest BCUT2D eigenvalue weighted by atomic mass is 35.5. The van der Waals surface area contributed by atoms with Gasteiger partial charge >= 0.3 is 5.69 Å². The van der Waals surface area contributed by atoms with Gasteiger partial charge in [-0.05, 0) is 60.9 Å². The van der Waals surface area contributed by atoms with E-state index < -0.39 is 32.6 Å². The number of carbonyl (C=O) groups is 1. The third kappa shape index (κ3) is 5.24. The van der Waals surface area contributed by atoms with Crippen molar-refractivity contribution in [2.75, 3.05) is 23.7 Å². The minimum Gasteiger partial charge on any atom is -0.371 e. The predicted octanol–water partition coefficient (Wildman–Crippen LogP) is 4.23. The van der Waals surface area contributed by atoms with Gasteiger partial charge in [0.15, 0.2) is 15.6 Å². The summed E-state index contributed by atoms with van der Waals surface area (Å²) in [5.74, 6) is -1.20. The fourth-order valence-electron chi connectivity index (χ4n) is 4.47. The lowest BCUT2D eigenvalue weighted by Crippen LogP contribution is -2.34. The molecule has 1 aliphatic rings. The molecule has 0 atom stereocenters. The van der Waals surface area contributed by atoms with Gasteiger partial charge in [-0.2, -0.15) is 0 Å². The Kier molecular flexibility index (Phi) is 7.01. The summed E-state index contributed by atoms with van der Waals surface area (Å²) in [6.45, 7) is 1.87. The summed E-state index contributed by atoms with van der Waals surface area (Å²) in [6.07, 6.45) is 2.03. The number of Topliss-reactive ketones (excluding diaryl/α,β-unsaturated/α-hetero) is 1. The van der Waals surface area contributed by atoms with Gasteiger partial charge in [0.1, 0.15) is 9.96 Å². The average molecular weight is 578 g/mol. The molecule has 37 heavy (non-hydrogen) atoms. The molecule has 8 nitrogen and oxygen atoms in total. The number of halogens is 2. The molecule has 1 N–H and O–H groups in total. The van der Waals surface area contributed by atoms with Crippen LogP contribution in [0.15, 0.2) is 62.3 Å². The highest BCUT2D eigenvalue weighted by Crippen LogP contribution is 2.27. The summed E-state index contributed by atoms with van der Waals surface area (Å²) in [5, 5.41) is 0.426. The molecule has 0 spiro atoms. The first-order chi connectivity index (χ1) is 17.6. The Bertz CT molecular complexity index is 1750. The van der Waals surface area contributed by atoms with Crippen LogP contribution < -0.4 is 16.1 Å². The Morgan fingerprint density at radius 3 is 2.43 bits per heavy atom. The quantitative estimate of drug-likeness (QED) is 0.352. The summed E-state index contributed by atoms with van der Waals surface area (Å²) >= 11 is 13.1. The number of thiophene rings is 1. The number of carbonyl (C=O) groups excluding carboxylic acids is 1. The van der Waals surface area contributed by atoms with Gasteiger partial charge in [-0.3, -0.25) is 9.59 Å². The molecule has 2 aromatic heterocycles. The van der Waals surface area contributed by atoms with E-state index in [-0.39, 0.29) is 21.3 Å². The van der Waals surface area contributed by atoms with Gasteiger partial charge < -0.3 is 9.88 Å². The number of hydrogen-bond donors (Lipinski definition) is 1. The first kappa shape index (κ1) is 25.7. The zero-order valence-corrected chi connectivity index (χ0v) is 22.5. The number of fused-ring (bicyclic) bond motifs is 1. The molecule has 5 rings (SSSR count). The topological polar surface area (TPSA) is 109 Å². The van der Waals surface area contributed by atoms with E-state index in [9.17, 15) is 22.8 Å². The van der Waals surface area contributed by atoms with E-state index in [0.29, 0.717) is 20.8 Å². The second-order valence-electron chi connectivity index (χ2n) is 8.81. The summed E-state index contributed by atoms with van der Waals surface area (Å²) in [6, 6.07) is 12.7. The van der Waals surface area contributed by atoms with Crippen LogP contribution >= 0.6 is 34.5 Å². The molecule has 0 bridgehead atoms. The van der Waals surface area contributed by atoms with E-state index in [1.807, 2.05) is 12.1 Å². The normalized spacial score (nSPS) is 13.9. The maximum Gasteiger partial charge on any atom is 0.333 e.